The van der Waals surface area contributed by atoms with Crippen molar-refractivity contribution in [2.45, 2.75) is 54.1 Å². The zero-order valence-corrected chi connectivity index (χ0v) is 9.99. The van der Waals surface area contributed by atoms with Crippen molar-refractivity contribution in [3.63, 3.8) is 0 Å². The van der Waals surface area contributed by atoms with Crippen LogP contribution in [0, 0.1) is 16.7 Å². The Morgan fingerprint density at radius 3 is 1.29 bits per heavy atom. The molecule has 14 heavy (non-hydrogen) atoms. The fraction of sp³-hybridized carbons (Fsp3) is 1.00. The Hall–Kier alpha value is -0.180. The molecule has 0 heterocycles. The zero-order valence-electron chi connectivity index (χ0n) is 9.99. The molecule has 0 aromatic rings. The molecule has 0 bridgehead atoms. The van der Waals surface area contributed by atoms with Gasteiger partial charge in [-0.2, -0.15) is 8.78 Å². The predicted octanol–water partition coefficient (Wildman–Crippen LogP) is 3.67. The minimum Gasteiger partial charge on any atom is -0.336 e. The smallest absolute Gasteiger partial charge is 0.336 e. The second kappa shape index (κ2) is 3.76. The van der Waals surface area contributed by atoms with Gasteiger partial charge in [0.1, 0.15) is 0 Å². The molecule has 0 spiro atoms. The van der Waals surface area contributed by atoms with E-state index in [0.29, 0.717) is 0 Å². The molecular formula is C11H22F2O. The molecule has 1 nitrogen and oxygen atoms in total. The molecule has 0 atom stereocenters. The lowest BCUT2D eigenvalue weighted by Crippen LogP contribution is -2.37. The fourth-order valence-electron chi connectivity index (χ4n) is 2.16. The molecule has 0 aliphatic carbocycles. The van der Waals surface area contributed by atoms with Gasteiger partial charge in [0.25, 0.3) is 0 Å². The minimum atomic E-state index is -3.56. The van der Waals surface area contributed by atoms with Crippen LogP contribution in [0.15, 0.2) is 0 Å². The monoisotopic (exact) mass is 208 g/mol. The first-order valence-electron chi connectivity index (χ1n) is 4.94. The molecule has 0 radical (unpaired) electrons. The largest absolute Gasteiger partial charge is 0.353 e. The summed E-state index contributed by atoms with van der Waals surface area (Å²) in [6, 6.07) is 0. The molecule has 0 saturated carbocycles. The van der Waals surface area contributed by atoms with Crippen LogP contribution in [0.4, 0.5) is 8.78 Å². The first-order valence-corrected chi connectivity index (χ1v) is 4.94. The average molecular weight is 208 g/mol. The molecule has 0 aliphatic rings. The Morgan fingerprint density at radius 2 is 1.21 bits per heavy atom. The maximum Gasteiger partial charge on any atom is 0.353 e. The summed E-state index contributed by atoms with van der Waals surface area (Å²) in [5, 5.41) is 8.58. The van der Waals surface area contributed by atoms with E-state index in [2.05, 4.69) is 0 Å². The van der Waals surface area contributed by atoms with E-state index in [1.165, 1.54) is 0 Å². The third-order valence-electron chi connectivity index (χ3n) is 2.54. The lowest BCUT2D eigenvalue weighted by atomic mass is 9.65. The lowest BCUT2D eigenvalue weighted by molar-refractivity contribution is -0.223. The van der Waals surface area contributed by atoms with Crippen molar-refractivity contribution in [3.05, 3.63) is 0 Å². The topological polar surface area (TPSA) is 20.2 Å². The van der Waals surface area contributed by atoms with Crippen LogP contribution in [-0.4, -0.2) is 11.2 Å². The highest BCUT2D eigenvalue weighted by Crippen LogP contribution is 2.44. The minimum absolute atomic E-state index is 0.227. The van der Waals surface area contributed by atoms with Crippen LogP contribution >= 0.6 is 0 Å². The van der Waals surface area contributed by atoms with Crippen molar-refractivity contribution in [1.82, 2.24) is 0 Å². The number of halogens is 2. The highest BCUT2D eigenvalue weighted by atomic mass is 19.3. The summed E-state index contributed by atoms with van der Waals surface area (Å²) in [4.78, 5) is 0. The van der Waals surface area contributed by atoms with Crippen LogP contribution in [-0.2, 0) is 0 Å². The molecule has 86 valence electrons. The molecule has 0 aromatic heterocycles. The van der Waals surface area contributed by atoms with E-state index >= 15 is 0 Å². The van der Waals surface area contributed by atoms with E-state index in [1.807, 2.05) is 41.5 Å². The van der Waals surface area contributed by atoms with E-state index < -0.39 is 12.5 Å². The third kappa shape index (κ3) is 4.89. The Morgan fingerprint density at radius 1 is 0.929 bits per heavy atom. The summed E-state index contributed by atoms with van der Waals surface area (Å²) >= 11 is 0. The lowest BCUT2D eigenvalue weighted by Gasteiger charge is -2.41. The maximum absolute atomic E-state index is 12.6. The second-order valence-electron chi connectivity index (χ2n) is 6.15. The number of hydrogen-bond donors (Lipinski definition) is 1. The quantitative estimate of drug-likeness (QED) is 0.734. The van der Waals surface area contributed by atoms with Gasteiger partial charge in [0.05, 0.1) is 0 Å². The van der Waals surface area contributed by atoms with Crippen LogP contribution in [0.2, 0.25) is 0 Å². The van der Waals surface area contributed by atoms with Gasteiger partial charge in [-0.25, -0.2) is 0 Å². The fourth-order valence-corrected chi connectivity index (χ4v) is 2.16. The second-order valence-corrected chi connectivity index (χ2v) is 6.15. The van der Waals surface area contributed by atoms with Crippen molar-refractivity contribution in [1.29, 1.82) is 0 Å². The van der Waals surface area contributed by atoms with Crippen molar-refractivity contribution in [2.24, 2.45) is 16.7 Å². The molecule has 0 amide bonds. The van der Waals surface area contributed by atoms with Gasteiger partial charge in [0.2, 0.25) is 0 Å². The van der Waals surface area contributed by atoms with E-state index in [4.69, 9.17) is 5.11 Å². The predicted molar refractivity (Wildman–Crippen MR) is 54.2 cm³/mol. The summed E-state index contributed by atoms with van der Waals surface area (Å²) in [6.45, 7) is 11.6. The molecule has 0 fully saturated rings. The molecule has 0 rings (SSSR count). The summed E-state index contributed by atoms with van der Waals surface area (Å²) in [5.74, 6) is -0.227. The van der Waals surface area contributed by atoms with Gasteiger partial charge in [0.15, 0.2) is 0 Å². The summed E-state index contributed by atoms with van der Waals surface area (Å²) in [6.07, 6.45) is -4.04. The number of rotatable bonds is 2. The summed E-state index contributed by atoms with van der Waals surface area (Å²) in [5.41, 5.74) is -0.463. The first kappa shape index (κ1) is 13.8. The van der Waals surface area contributed by atoms with Gasteiger partial charge in [0, 0.05) is 6.42 Å². The molecular weight excluding hydrogens is 186 g/mol. The SMILES string of the molecule is CC(C)(C)C(CC(O)(F)F)C(C)(C)C. The Kier molecular flexibility index (Phi) is 3.71. The van der Waals surface area contributed by atoms with Crippen LogP contribution in [0.5, 0.6) is 0 Å². The Balaban J connectivity index is 4.78. The van der Waals surface area contributed by atoms with E-state index in [9.17, 15) is 8.78 Å². The standard InChI is InChI=1S/C11H22F2O/c1-9(2,3)8(10(4,5)6)7-11(12,13)14/h8,14H,7H2,1-6H3. The molecule has 1 N–H and O–H groups in total. The molecule has 0 aromatic carbocycles. The van der Waals surface area contributed by atoms with Gasteiger partial charge in [-0.15, -0.1) is 0 Å². The highest BCUT2D eigenvalue weighted by molar-refractivity contribution is 4.85. The highest BCUT2D eigenvalue weighted by Gasteiger charge is 2.41. The van der Waals surface area contributed by atoms with Gasteiger partial charge >= 0.3 is 6.11 Å². The van der Waals surface area contributed by atoms with Gasteiger partial charge in [-0.3, -0.25) is 0 Å². The average Bonchev–Trinajstić information content (AvgIpc) is 1.75. The number of aliphatic hydroxyl groups is 1. The zero-order chi connectivity index (χ0) is 11.8. The molecule has 0 aliphatic heterocycles. The van der Waals surface area contributed by atoms with Crippen molar-refractivity contribution < 1.29 is 13.9 Å². The van der Waals surface area contributed by atoms with Crippen molar-refractivity contribution in [3.8, 4) is 0 Å². The Bertz CT molecular complexity index is 167. The number of hydrogen-bond acceptors (Lipinski definition) is 1. The molecule has 0 saturated heterocycles. The molecule has 3 heteroatoms. The normalized spacial score (nSPS) is 15.0. The van der Waals surface area contributed by atoms with E-state index in [0.717, 1.165) is 0 Å². The maximum atomic E-state index is 12.6. The Labute approximate surface area is 85.5 Å². The molecule has 0 unspecified atom stereocenters. The summed E-state index contributed by atoms with van der Waals surface area (Å²) in [7, 11) is 0. The third-order valence-corrected chi connectivity index (χ3v) is 2.54. The van der Waals surface area contributed by atoms with Gasteiger partial charge in [-0.05, 0) is 16.7 Å². The van der Waals surface area contributed by atoms with Crippen molar-refractivity contribution in [2.75, 3.05) is 0 Å². The van der Waals surface area contributed by atoms with Crippen LogP contribution < -0.4 is 0 Å². The van der Waals surface area contributed by atoms with Crippen molar-refractivity contribution >= 4 is 0 Å². The van der Waals surface area contributed by atoms with Crippen LogP contribution in [0.25, 0.3) is 0 Å². The van der Waals surface area contributed by atoms with Crippen LogP contribution in [0.3, 0.4) is 0 Å². The summed E-state index contributed by atoms with van der Waals surface area (Å²) < 4.78 is 25.2. The van der Waals surface area contributed by atoms with E-state index in [1.54, 1.807) is 0 Å². The van der Waals surface area contributed by atoms with E-state index in [-0.39, 0.29) is 16.7 Å². The van der Waals surface area contributed by atoms with Crippen LogP contribution in [0.1, 0.15) is 48.0 Å². The first-order chi connectivity index (χ1) is 5.84. The van der Waals surface area contributed by atoms with Gasteiger partial charge in [-0.1, -0.05) is 41.5 Å². The van der Waals surface area contributed by atoms with Gasteiger partial charge < -0.3 is 5.11 Å². The number of alkyl halides is 2.